The summed E-state index contributed by atoms with van der Waals surface area (Å²) in [5.74, 6) is -0.224. The molecule has 4 atom stereocenters. The first-order chi connectivity index (χ1) is 9.86. The van der Waals surface area contributed by atoms with Gasteiger partial charge in [-0.15, -0.1) is 0 Å². The Morgan fingerprint density at radius 1 is 1.48 bits per heavy atom. The highest BCUT2D eigenvalue weighted by Crippen LogP contribution is 2.41. The van der Waals surface area contributed by atoms with Gasteiger partial charge in [-0.2, -0.15) is 9.97 Å². The highest BCUT2D eigenvalue weighted by molar-refractivity contribution is 6.23. The van der Waals surface area contributed by atoms with Crippen molar-refractivity contribution < 1.29 is 20.1 Å². The largest absolute Gasteiger partial charge is 0.394 e. The van der Waals surface area contributed by atoms with Gasteiger partial charge in [0.1, 0.15) is 12.2 Å². The third-order valence-corrected chi connectivity index (χ3v) is 3.71. The van der Waals surface area contributed by atoms with Crippen LogP contribution in [-0.2, 0) is 4.74 Å². The minimum absolute atomic E-state index is 0.0300. The maximum atomic E-state index is 11.7. The molecule has 21 heavy (non-hydrogen) atoms. The molecule has 10 nitrogen and oxygen atoms in total. The molecule has 5 N–H and O–H groups in total. The molecule has 0 unspecified atom stereocenters. The van der Waals surface area contributed by atoms with Crippen LogP contribution < -0.4 is 11.4 Å². The molecule has 0 aliphatic carbocycles. The third kappa shape index (κ3) is 2.00. The number of halogens is 1. The van der Waals surface area contributed by atoms with E-state index in [0.29, 0.717) is 0 Å². The van der Waals surface area contributed by atoms with Gasteiger partial charge in [0.15, 0.2) is 6.23 Å². The van der Waals surface area contributed by atoms with Gasteiger partial charge in [0.25, 0.3) is 0 Å². The zero-order chi connectivity index (χ0) is 15.4. The van der Waals surface area contributed by atoms with Crippen LogP contribution in [0.4, 0.5) is 5.95 Å². The van der Waals surface area contributed by atoms with Gasteiger partial charge in [0.05, 0.1) is 6.61 Å². The van der Waals surface area contributed by atoms with Crippen molar-refractivity contribution in [1.82, 2.24) is 18.9 Å². The van der Waals surface area contributed by atoms with Crippen molar-refractivity contribution in [2.45, 2.75) is 23.5 Å². The van der Waals surface area contributed by atoms with E-state index in [1.165, 1.54) is 17.0 Å². The molecule has 0 radical (unpaired) electrons. The van der Waals surface area contributed by atoms with Crippen LogP contribution in [-0.4, -0.2) is 58.1 Å². The zero-order valence-corrected chi connectivity index (χ0v) is 11.3. The summed E-state index contributed by atoms with van der Waals surface area (Å²) in [5, 5.41) is 27.0. The van der Waals surface area contributed by atoms with Gasteiger partial charge < -0.3 is 25.8 Å². The topological polar surface area (TPSA) is 148 Å². The molecule has 0 aromatic carbocycles. The lowest BCUT2D eigenvalue weighted by atomic mass is 10.1. The highest BCUT2D eigenvalue weighted by atomic mass is 35.5. The number of nitrogens with two attached hydrogens (primary N) is 1. The minimum Gasteiger partial charge on any atom is -0.394 e. The SMILES string of the molecule is Nc1nc(=O)n2ccn([C@@H]3O[C@H](CO)[C@@H](O)[C@]3(O)Cl)c2n1. The molecule has 0 saturated carbocycles. The number of hydrogen-bond donors (Lipinski definition) is 4. The van der Waals surface area contributed by atoms with Gasteiger partial charge in [-0.3, -0.25) is 4.57 Å². The molecule has 11 heteroatoms. The van der Waals surface area contributed by atoms with E-state index in [-0.39, 0.29) is 11.7 Å². The molecule has 0 spiro atoms. The Balaban J connectivity index is 2.15. The summed E-state index contributed by atoms with van der Waals surface area (Å²) in [6, 6.07) is 0. The molecule has 2 aromatic rings. The molecule has 1 fully saturated rings. The van der Waals surface area contributed by atoms with Crippen molar-refractivity contribution in [2.24, 2.45) is 0 Å². The van der Waals surface area contributed by atoms with Crippen molar-refractivity contribution >= 4 is 23.3 Å². The van der Waals surface area contributed by atoms with E-state index in [4.69, 9.17) is 27.2 Å². The van der Waals surface area contributed by atoms with E-state index in [2.05, 4.69) is 9.97 Å². The number of nitrogen functional groups attached to an aromatic ring is 1. The summed E-state index contributed by atoms with van der Waals surface area (Å²) in [6.45, 7) is -0.539. The summed E-state index contributed by atoms with van der Waals surface area (Å²) in [6.07, 6.45) is -1.17. The number of anilines is 1. The molecule has 0 amide bonds. The van der Waals surface area contributed by atoms with Crippen molar-refractivity contribution in [2.75, 3.05) is 12.3 Å². The Morgan fingerprint density at radius 2 is 2.19 bits per heavy atom. The second-order valence-corrected chi connectivity index (χ2v) is 5.23. The first kappa shape index (κ1) is 14.2. The second kappa shape index (κ2) is 4.64. The fourth-order valence-electron chi connectivity index (χ4n) is 2.27. The van der Waals surface area contributed by atoms with Crippen LogP contribution in [0.1, 0.15) is 6.23 Å². The van der Waals surface area contributed by atoms with Gasteiger partial charge in [0.2, 0.25) is 16.8 Å². The Bertz CT molecular complexity index is 743. The molecule has 1 saturated heterocycles. The Morgan fingerprint density at radius 3 is 2.81 bits per heavy atom. The molecule has 2 aromatic heterocycles. The molecular formula is C10H12ClN5O5. The number of aromatic nitrogens is 4. The first-order valence-corrected chi connectivity index (χ1v) is 6.32. The maximum Gasteiger partial charge on any atom is 0.357 e. The summed E-state index contributed by atoms with van der Waals surface area (Å²) in [5.41, 5.74) is 4.76. The first-order valence-electron chi connectivity index (χ1n) is 5.94. The molecule has 114 valence electrons. The summed E-state index contributed by atoms with van der Waals surface area (Å²) < 4.78 is 7.64. The predicted molar refractivity (Wildman–Crippen MR) is 69.5 cm³/mol. The number of fused-ring (bicyclic) bond motifs is 1. The highest BCUT2D eigenvalue weighted by Gasteiger charge is 2.55. The van der Waals surface area contributed by atoms with Crippen molar-refractivity contribution in [3.63, 3.8) is 0 Å². The van der Waals surface area contributed by atoms with E-state index in [9.17, 15) is 15.0 Å². The predicted octanol–water partition coefficient (Wildman–Crippen LogP) is -2.35. The number of aliphatic hydroxyl groups excluding tert-OH is 2. The zero-order valence-electron chi connectivity index (χ0n) is 10.5. The number of ether oxygens (including phenoxy) is 1. The standard InChI is InChI=1S/C10H12ClN5O5/c11-10(20)5(18)4(3-17)21-6(10)15-1-2-16-8(15)13-7(12)14-9(16)19/h1-2,4-6,17-18,20H,3H2,(H2,12,14,19)/t4-,5-,6-,10-/m1/s1. The van der Waals surface area contributed by atoms with E-state index >= 15 is 0 Å². The van der Waals surface area contributed by atoms with Gasteiger partial charge in [-0.25, -0.2) is 9.20 Å². The van der Waals surface area contributed by atoms with Gasteiger partial charge in [-0.05, 0) is 0 Å². The number of rotatable bonds is 2. The van der Waals surface area contributed by atoms with Crippen molar-refractivity contribution in [3.05, 3.63) is 22.9 Å². The van der Waals surface area contributed by atoms with Crippen LogP contribution in [0.5, 0.6) is 0 Å². The monoisotopic (exact) mass is 317 g/mol. The van der Waals surface area contributed by atoms with Crippen LogP contribution in [0.15, 0.2) is 17.2 Å². The van der Waals surface area contributed by atoms with Crippen LogP contribution in [0.3, 0.4) is 0 Å². The smallest absolute Gasteiger partial charge is 0.357 e. The van der Waals surface area contributed by atoms with E-state index < -0.39 is 35.8 Å². The van der Waals surface area contributed by atoms with Crippen LogP contribution >= 0.6 is 11.6 Å². The van der Waals surface area contributed by atoms with Gasteiger partial charge >= 0.3 is 5.69 Å². The normalized spacial score (nSPS) is 32.9. The summed E-state index contributed by atoms with van der Waals surface area (Å²) in [7, 11) is 0. The number of imidazole rings is 1. The molecule has 3 rings (SSSR count). The Labute approximate surface area is 122 Å². The van der Waals surface area contributed by atoms with Crippen molar-refractivity contribution in [1.29, 1.82) is 0 Å². The maximum absolute atomic E-state index is 11.7. The second-order valence-electron chi connectivity index (χ2n) is 4.62. The average Bonchev–Trinajstić information content (AvgIpc) is 2.91. The van der Waals surface area contributed by atoms with Crippen LogP contribution in [0.2, 0.25) is 0 Å². The average molecular weight is 318 g/mol. The third-order valence-electron chi connectivity index (χ3n) is 3.30. The summed E-state index contributed by atoms with van der Waals surface area (Å²) in [4.78, 5) is 19.0. The lowest BCUT2D eigenvalue weighted by Gasteiger charge is -2.24. The Kier molecular flexibility index (Phi) is 3.15. The Hall–Kier alpha value is -1.72. The molecule has 0 bridgehead atoms. The van der Waals surface area contributed by atoms with Gasteiger partial charge in [0, 0.05) is 12.4 Å². The fraction of sp³-hybridized carbons (Fsp3) is 0.500. The molecule has 3 heterocycles. The minimum atomic E-state index is -2.21. The number of hydrogen-bond acceptors (Lipinski definition) is 8. The van der Waals surface area contributed by atoms with Crippen molar-refractivity contribution in [3.8, 4) is 0 Å². The quantitative estimate of drug-likeness (QED) is 0.450. The van der Waals surface area contributed by atoms with E-state index in [1.807, 2.05) is 0 Å². The number of alkyl halides is 1. The fourth-order valence-corrected chi connectivity index (χ4v) is 2.56. The van der Waals surface area contributed by atoms with E-state index in [1.54, 1.807) is 0 Å². The number of nitrogens with zero attached hydrogens (tertiary/aromatic N) is 4. The molecule has 1 aliphatic rings. The lowest BCUT2D eigenvalue weighted by molar-refractivity contribution is -0.0612. The number of aliphatic hydroxyl groups is 3. The van der Waals surface area contributed by atoms with E-state index in [0.717, 1.165) is 4.40 Å². The molecular weight excluding hydrogens is 306 g/mol. The summed E-state index contributed by atoms with van der Waals surface area (Å²) >= 11 is 5.92. The van der Waals surface area contributed by atoms with Crippen LogP contribution in [0, 0.1) is 0 Å². The van der Waals surface area contributed by atoms with Gasteiger partial charge in [-0.1, -0.05) is 11.6 Å². The lowest BCUT2D eigenvalue weighted by Crippen LogP contribution is -2.42. The molecule has 1 aliphatic heterocycles. The van der Waals surface area contributed by atoms with Crippen LogP contribution in [0.25, 0.3) is 5.78 Å².